The third-order valence-electron chi connectivity index (χ3n) is 5.20. The Morgan fingerprint density at radius 1 is 0.971 bits per heavy atom. The van der Waals surface area contributed by atoms with Gasteiger partial charge in [-0.1, -0.05) is 36.0 Å². The number of nitrogens with one attached hydrogen (secondary N) is 1. The summed E-state index contributed by atoms with van der Waals surface area (Å²) < 4.78 is 28.0. The molecule has 1 aliphatic rings. The lowest BCUT2D eigenvalue weighted by Crippen LogP contribution is -2.31. The number of nitrogens with zero attached hydrogens (tertiary/aromatic N) is 1. The number of carbonyl (C=O) groups is 2. The summed E-state index contributed by atoms with van der Waals surface area (Å²) in [6.45, 7) is 1.88. The molecule has 0 aliphatic carbocycles. The molecule has 0 fully saturated rings. The van der Waals surface area contributed by atoms with Crippen molar-refractivity contribution in [2.24, 2.45) is 5.14 Å². The molecular formula is C24H23N3O5S2. The highest BCUT2D eigenvalue weighted by Gasteiger charge is 2.24. The average molecular weight is 498 g/mol. The largest absolute Gasteiger partial charge is 0.452 e. The first kappa shape index (κ1) is 23.8. The minimum absolute atomic E-state index is 0.0655. The van der Waals surface area contributed by atoms with Crippen LogP contribution in [0.1, 0.15) is 13.3 Å². The third-order valence-corrected chi connectivity index (χ3v) is 7.26. The van der Waals surface area contributed by atoms with Crippen LogP contribution in [0.15, 0.2) is 87.5 Å². The van der Waals surface area contributed by atoms with Gasteiger partial charge in [0.25, 0.3) is 5.91 Å². The second kappa shape index (κ2) is 9.88. The van der Waals surface area contributed by atoms with Crippen LogP contribution in [0.2, 0.25) is 0 Å². The summed E-state index contributed by atoms with van der Waals surface area (Å²) in [5, 5.41) is 7.66. The maximum absolute atomic E-state index is 12.5. The summed E-state index contributed by atoms with van der Waals surface area (Å²) >= 11 is 1.69. The zero-order chi connectivity index (χ0) is 24.3. The van der Waals surface area contributed by atoms with Crippen LogP contribution < -0.4 is 15.4 Å². The summed E-state index contributed by atoms with van der Waals surface area (Å²) in [6, 6.07) is 21.4. The number of anilines is 3. The molecule has 1 amide bonds. The molecule has 0 saturated heterocycles. The summed E-state index contributed by atoms with van der Waals surface area (Å²) in [7, 11) is -3.82. The molecule has 34 heavy (non-hydrogen) atoms. The van der Waals surface area contributed by atoms with E-state index in [0.717, 1.165) is 21.2 Å². The van der Waals surface area contributed by atoms with Crippen LogP contribution in [0.25, 0.3) is 0 Å². The van der Waals surface area contributed by atoms with Crippen LogP contribution in [-0.2, 0) is 24.3 Å². The molecule has 3 aromatic rings. The van der Waals surface area contributed by atoms with Crippen molar-refractivity contribution in [1.29, 1.82) is 0 Å². The summed E-state index contributed by atoms with van der Waals surface area (Å²) in [6.07, 6.45) is -0.935. The minimum Gasteiger partial charge on any atom is -0.452 e. The van der Waals surface area contributed by atoms with Crippen molar-refractivity contribution in [3.05, 3.63) is 72.8 Å². The fraction of sp³-hybridized carbons (Fsp3) is 0.167. The van der Waals surface area contributed by atoms with Gasteiger partial charge in [0.2, 0.25) is 10.0 Å². The number of fused-ring (bicyclic) bond motifs is 2. The highest BCUT2D eigenvalue weighted by Crippen LogP contribution is 2.47. The number of primary sulfonamides is 1. The van der Waals surface area contributed by atoms with Crippen LogP contribution in [0.3, 0.4) is 0 Å². The molecule has 0 saturated carbocycles. The van der Waals surface area contributed by atoms with E-state index in [2.05, 4.69) is 10.2 Å². The number of nitrogens with two attached hydrogens (primary N) is 1. The Hall–Kier alpha value is -3.34. The topological polar surface area (TPSA) is 119 Å². The first-order chi connectivity index (χ1) is 16.2. The molecule has 0 unspecified atom stereocenters. The van der Waals surface area contributed by atoms with Crippen LogP contribution >= 0.6 is 11.8 Å². The van der Waals surface area contributed by atoms with E-state index in [-0.39, 0.29) is 11.3 Å². The number of carbonyl (C=O) groups excluding carboxylic acids is 2. The van der Waals surface area contributed by atoms with Crippen LogP contribution in [0.4, 0.5) is 17.1 Å². The van der Waals surface area contributed by atoms with Gasteiger partial charge in [-0.05, 0) is 55.5 Å². The standard InChI is InChI=1S/C24H23N3O5S2/c1-16(24(29)26-17-10-12-18(13-11-17)34(25,30)31)32-23(28)14-15-27-19-6-2-4-8-21(19)33-22-9-5-3-7-20(22)27/h2-13,16H,14-15H2,1H3,(H,26,29)(H2,25,30,31)/t16-/m0/s1. The molecule has 10 heteroatoms. The maximum atomic E-state index is 12.5. The fourth-order valence-corrected chi connectivity index (χ4v) is 5.12. The van der Waals surface area contributed by atoms with Crippen molar-refractivity contribution in [1.82, 2.24) is 0 Å². The highest BCUT2D eigenvalue weighted by atomic mass is 32.2. The lowest BCUT2D eigenvalue weighted by Gasteiger charge is -2.32. The molecule has 176 valence electrons. The molecule has 1 heterocycles. The van der Waals surface area contributed by atoms with Crippen molar-refractivity contribution in [3.63, 3.8) is 0 Å². The van der Waals surface area contributed by atoms with Gasteiger partial charge >= 0.3 is 5.97 Å². The summed E-state index contributed by atoms with van der Waals surface area (Å²) in [5.41, 5.74) is 2.40. The molecule has 3 N–H and O–H groups in total. The van der Waals surface area contributed by atoms with Crippen molar-refractivity contribution < 1.29 is 22.7 Å². The summed E-state index contributed by atoms with van der Waals surface area (Å²) in [4.78, 5) is 29.2. The fourth-order valence-electron chi connectivity index (χ4n) is 3.51. The molecule has 8 nitrogen and oxygen atoms in total. The highest BCUT2D eigenvalue weighted by molar-refractivity contribution is 7.99. The van der Waals surface area contributed by atoms with Crippen LogP contribution in [0.5, 0.6) is 0 Å². The van der Waals surface area contributed by atoms with Gasteiger partial charge in [0.15, 0.2) is 6.10 Å². The Bertz CT molecular complexity index is 1280. The molecule has 0 bridgehead atoms. The lowest BCUT2D eigenvalue weighted by molar-refractivity contribution is -0.152. The molecule has 1 atom stereocenters. The Labute approximate surface area is 202 Å². The first-order valence-corrected chi connectivity index (χ1v) is 12.9. The number of rotatable bonds is 7. The number of hydrogen-bond acceptors (Lipinski definition) is 7. The van der Waals surface area contributed by atoms with Gasteiger partial charge in [-0.25, -0.2) is 13.6 Å². The molecular weight excluding hydrogens is 474 g/mol. The van der Waals surface area contributed by atoms with Crippen molar-refractivity contribution in [2.75, 3.05) is 16.8 Å². The minimum atomic E-state index is -3.82. The Morgan fingerprint density at radius 3 is 2.09 bits per heavy atom. The van der Waals surface area contributed by atoms with Gasteiger partial charge in [-0.15, -0.1) is 0 Å². The second-order valence-electron chi connectivity index (χ2n) is 7.63. The van der Waals surface area contributed by atoms with E-state index in [1.165, 1.54) is 31.2 Å². The van der Waals surface area contributed by atoms with Gasteiger partial charge in [0.05, 0.1) is 22.7 Å². The van der Waals surface area contributed by atoms with Crippen molar-refractivity contribution in [2.45, 2.75) is 34.1 Å². The van der Waals surface area contributed by atoms with Gasteiger partial charge in [-0.3, -0.25) is 9.59 Å². The Balaban J connectivity index is 1.36. The SMILES string of the molecule is C[C@H](OC(=O)CCN1c2ccccc2Sc2ccccc21)C(=O)Nc1ccc(S(N)(=O)=O)cc1. The normalized spacial score (nSPS) is 13.4. The Kier molecular flexibility index (Phi) is 6.92. The first-order valence-electron chi connectivity index (χ1n) is 10.5. The predicted octanol–water partition coefficient (Wildman–Crippen LogP) is 3.90. The van der Waals surface area contributed by atoms with Crippen molar-refractivity contribution >= 4 is 50.7 Å². The third kappa shape index (κ3) is 5.41. The van der Waals surface area contributed by atoms with E-state index in [1.807, 2.05) is 48.5 Å². The molecule has 0 spiro atoms. The zero-order valence-electron chi connectivity index (χ0n) is 18.3. The Morgan fingerprint density at radius 2 is 1.53 bits per heavy atom. The van der Waals surface area contributed by atoms with E-state index >= 15 is 0 Å². The van der Waals surface area contributed by atoms with E-state index < -0.39 is 28.0 Å². The summed E-state index contributed by atoms with van der Waals surface area (Å²) in [5.74, 6) is -1.03. The van der Waals surface area contributed by atoms with Crippen LogP contribution in [-0.4, -0.2) is 32.9 Å². The van der Waals surface area contributed by atoms with E-state index in [0.29, 0.717) is 12.2 Å². The zero-order valence-corrected chi connectivity index (χ0v) is 19.9. The molecule has 4 rings (SSSR count). The average Bonchev–Trinajstić information content (AvgIpc) is 2.81. The molecule has 3 aromatic carbocycles. The lowest BCUT2D eigenvalue weighted by atomic mass is 10.2. The molecule has 1 aliphatic heterocycles. The van der Waals surface area contributed by atoms with E-state index in [1.54, 1.807) is 11.8 Å². The number of sulfonamides is 1. The van der Waals surface area contributed by atoms with Gasteiger partial charge in [0.1, 0.15) is 0 Å². The van der Waals surface area contributed by atoms with Gasteiger partial charge in [-0.2, -0.15) is 0 Å². The number of para-hydroxylation sites is 2. The number of amides is 1. The number of benzene rings is 3. The molecule has 0 aromatic heterocycles. The van der Waals surface area contributed by atoms with E-state index in [9.17, 15) is 18.0 Å². The second-order valence-corrected chi connectivity index (χ2v) is 10.3. The maximum Gasteiger partial charge on any atom is 0.308 e. The smallest absolute Gasteiger partial charge is 0.308 e. The van der Waals surface area contributed by atoms with Crippen LogP contribution in [0, 0.1) is 0 Å². The number of ether oxygens (including phenoxy) is 1. The molecule has 0 radical (unpaired) electrons. The van der Waals surface area contributed by atoms with Gasteiger partial charge in [0, 0.05) is 22.0 Å². The van der Waals surface area contributed by atoms with Crippen molar-refractivity contribution in [3.8, 4) is 0 Å². The van der Waals surface area contributed by atoms with E-state index in [4.69, 9.17) is 9.88 Å². The monoisotopic (exact) mass is 497 g/mol. The number of hydrogen-bond donors (Lipinski definition) is 2. The predicted molar refractivity (Wildman–Crippen MR) is 131 cm³/mol. The number of esters is 1. The van der Waals surface area contributed by atoms with Gasteiger partial charge < -0.3 is 15.0 Å². The quantitative estimate of drug-likeness (QED) is 0.475.